The third-order valence-electron chi connectivity index (χ3n) is 4.55. The van der Waals surface area contributed by atoms with E-state index in [1.807, 2.05) is 0 Å². The monoisotopic (exact) mass is 596 g/mol. The lowest BCUT2D eigenvalue weighted by Gasteiger charge is -2.32. The number of alkyl halides is 4. The second kappa shape index (κ2) is 12.0. The minimum atomic E-state index is -5.01. The van der Waals surface area contributed by atoms with Crippen LogP contribution in [-0.4, -0.2) is 32.0 Å². The van der Waals surface area contributed by atoms with Crippen molar-refractivity contribution >= 4 is 46.4 Å². The van der Waals surface area contributed by atoms with Gasteiger partial charge in [0.15, 0.2) is 17.3 Å². The van der Waals surface area contributed by atoms with Crippen LogP contribution in [0.25, 0.3) is 0 Å². The van der Waals surface area contributed by atoms with E-state index in [2.05, 4.69) is 9.47 Å². The molecule has 0 spiro atoms. The Hall–Kier alpha value is -2.01. The Balaban J connectivity index is 1.42. The summed E-state index contributed by atoms with van der Waals surface area (Å²) in [6.07, 6.45) is -6.85. The van der Waals surface area contributed by atoms with Crippen molar-refractivity contribution in [2.24, 2.45) is 0 Å². The van der Waals surface area contributed by atoms with Gasteiger partial charge in [0.2, 0.25) is 5.75 Å². The van der Waals surface area contributed by atoms with E-state index in [1.165, 1.54) is 18.2 Å². The van der Waals surface area contributed by atoms with Gasteiger partial charge in [0, 0.05) is 24.3 Å². The number of halogens is 9. The molecular weight excluding hydrogens is 581 g/mol. The number of unbranched alkanes of at least 4 members (excludes halogenated alkanes) is 2. The number of benzene rings is 2. The summed E-state index contributed by atoms with van der Waals surface area (Å²) in [5.41, 5.74) is 0. The second-order valence-electron chi connectivity index (χ2n) is 7.25. The first kappa shape index (κ1) is 28.6. The summed E-state index contributed by atoms with van der Waals surface area (Å²) in [6.45, 7) is 0.477. The van der Waals surface area contributed by atoms with Crippen LogP contribution in [0.2, 0.25) is 10.0 Å². The maximum Gasteiger partial charge on any atom is 0.507 e. The number of rotatable bonds is 11. The fourth-order valence-corrected chi connectivity index (χ4v) is 3.59. The molecule has 0 amide bonds. The first-order chi connectivity index (χ1) is 16.9. The SMILES string of the molecule is Fc1cc(OCCCCCOc2c(Cl)cc(OCC=C(Cl)Cl)cc2Cl)cc2c1OC(F)(F)C(F)(F)O2. The van der Waals surface area contributed by atoms with Gasteiger partial charge in [-0.2, -0.15) is 17.6 Å². The standard InChI is InChI=1S/C22H17Cl4F5O5/c23-14-8-12(33-7-4-18(25)26)9-15(24)19(14)34-6-3-1-2-5-32-13-10-16(27)20-17(11-13)35-21(28,29)22(30,31)36-20/h4,8-11H,1-3,5-7H2. The second-order valence-corrected chi connectivity index (χ2v) is 9.07. The quantitative estimate of drug-likeness (QED) is 0.192. The van der Waals surface area contributed by atoms with Crippen LogP contribution >= 0.6 is 46.4 Å². The molecule has 36 heavy (non-hydrogen) atoms. The van der Waals surface area contributed by atoms with Crippen LogP contribution in [0, 0.1) is 5.82 Å². The first-order valence-electron chi connectivity index (χ1n) is 10.3. The molecule has 0 saturated heterocycles. The summed E-state index contributed by atoms with van der Waals surface area (Å²) in [4.78, 5) is 0. The minimum absolute atomic E-state index is 0.0630. The Kier molecular flexibility index (Phi) is 9.54. The highest BCUT2D eigenvalue weighted by molar-refractivity contribution is 6.55. The number of hydrogen-bond acceptors (Lipinski definition) is 5. The van der Waals surface area contributed by atoms with Gasteiger partial charge in [-0.25, -0.2) is 4.39 Å². The van der Waals surface area contributed by atoms with E-state index in [1.54, 1.807) is 0 Å². The molecule has 0 N–H and O–H groups in total. The van der Waals surface area contributed by atoms with Gasteiger partial charge in [0.25, 0.3) is 0 Å². The van der Waals surface area contributed by atoms with Crippen molar-refractivity contribution in [2.45, 2.75) is 31.5 Å². The molecule has 5 nitrogen and oxygen atoms in total. The van der Waals surface area contributed by atoms with E-state index in [0.717, 1.165) is 12.1 Å². The zero-order chi connectivity index (χ0) is 26.5. The third-order valence-corrected chi connectivity index (χ3v) is 5.42. The fraction of sp³-hybridized carbons (Fsp3) is 0.364. The van der Waals surface area contributed by atoms with E-state index in [9.17, 15) is 22.0 Å². The number of hydrogen-bond donors (Lipinski definition) is 0. The molecule has 198 valence electrons. The van der Waals surface area contributed by atoms with Crippen molar-refractivity contribution in [3.8, 4) is 28.7 Å². The molecule has 0 saturated carbocycles. The number of fused-ring (bicyclic) bond motifs is 1. The molecule has 1 aliphatic rings. The van der Waals surface area contributed by atoms with Crippen LogP contribution in [0.1, 0.15) is 19.3 Å². The zero-order valence-electron chi connectivity index (χ0n) is 18.1. The highest BCUT2D eigenvalue weighted by Crippen LogP contribution is 2.49. The maximum atomic E-state index is 14.0. The predicted octanol–water partition coefficient (Wildman–Crippen LogP) is 8.42. The van der Waals surface area contributed by atoms with Gasteiger partial charge in [-0.05, 0) is 25.3 Å². The molecule has 0 aliphatic carbocycles. The van der Waals surface area contributed by atoms with Gasteiger partial charge in [0.05, 0.1) is 23.3 Å². The fourth-order valence-electron chi connectivity index (χ4n) is 2.89. The molecule has 0 unspecified atom stereocenters. The topological polar surface area (TPSA) is 46.2 Å². The summed E-state index contributed by atoms with van der Waals surface area (Å²) in [7, 11) is 0. The van der Waals surface area contributed by atoms with Gasteiger partial charge < -0.3 is 23.7 Å². The molecule has 0 fully saturated rings. The average molecular weight is 598 g/mol. The molecule has 0 aromatic heterocycles. The largest absolute Gasteiger partial charge is 0.507 e. The lowest BCUT2D eigenvalue weighted by Crippen LogP contribution is -2.52. The lowest BCUT2D eigenvalue weighted by molar-refractivity contribution is -0.392. The Labute approximate surface area is 222 Å². The van der Waals surface area contributed by atoms with E-state index >= 15 is 0 Å². The van der Waals surface area contributed by atoms with Crippen molar-refractivity contribution in [3.63, 3.8) is 0 Å². The van der Waals surface area contributed by atoms with Gasteiger partial charge >= 0.3 is 12.2 Å². The van der Waals surface area contributed by atoms with E-state index in [-0.39, 0.29) is 45.9 Å². The molecule has 14 heteroatoms. The Bertz CT molecular complexity index is 1090. The summed E-state index contributed by atoms with van der Waals surface area (Å²) in [5, 5.41) is 0.483. The summed E-state index contributed by atoms with van der Waals surface area (Å²) >= 11 is 23.4. The molecule has 0 bridgehead atoms. The molecule has 3 rings (SSSR count). The van der Waals surface area contributed by atoms with Crippen molar-refractivity contribution in [1.29, 1.82) is 0 Å². The molecule has 0 radical (unpaired) electrons. The van der Waals surface area contributed by atoms with Crippen molar-refractivity contribution in [3.05, 3.63) is 50.7 Å². The predicted molar refractivity (Wildman–Crippen MR) is 124 cm³/mol. The van der Waals surface area contributed by atoms with Crippen LogP contribution in [0.3, 0.4) is 0 Å². The Morgan fingerprint density at radius 3 is 2.03 bits per heavy atom. The highest BCUT2D eigenvalue weighted by atomic mass is 35.5. The molecule has 1 aliphatic heterocycles. The van der Waals surface area contributed by atoms with Crippen molar-refractivity contribution < 1.29 is 45.6 Å². The average Bonchev–Trinajstić information content (AvgIpc) is 2.75. The van der Waals surface area contributed by atoms with Gasteiger partial charge in [0.1, 0.15) is 22.6 Å². The smallest absolute Gasteiger partial charge is 0.493 e. The van der Waals surface area contributed by atoms with Crippen LogP contribution in [0.15, 0.2) is 34.8 Å². The van der Waals surface area contributed by atoms with Crippen LogP contribution in [-0.2, 0) is 0 Å². The maximum absolute atomic E-state index is 14.0. The van der Waals surface area contributed by atoms with Gasteiger partial charge in [-0.3, -0.25) is 0 Å². The lowest BCUT2D eigenvalue weighted by atomic mass is 10.2. The Morgan fingerprint density at radius 2 is 1.39 bits per heavy atom. The normalized spacial score (nSPS) is 15.2. The van der Waals surface area contributed by atoms with E-state index < -0.39 is 29.5 Å². The summed E-state index contributed by atoms with van der Waals surface area (Å²) < 4.78 is 91.1. The minimum Gasteiger partial charge on any atom is -0.493 e. The highest BCUT2D eigenvalue weighted by Gasteiger charge is 2.66. The van der Waals surface area contributed by atoms with Crippen LogP contribution in [0.4, 0.5) is 22.0 Å². The third kappa shape index (κ3) is 7.27. The molecule has 0 atom stereocenters. The summed E-state index contributed by atoms with van der Waals surface area (Å²) in [5.74, 6) is -2.84. The van der Waals surface area contributed by atoms with Crippen LogP contribution in [0.5, 0.6) is 28.7 Å². The van der Waals surface area contributed by atoms with Crippen LogP contribution < -0.4 is 23.7 Å². The van der Waals surface area contributed by atoms with Gasteiger partial charge in [-0.15, -0.1) is 0 Å². The van der Waals surface area contributed by atoms with E-state index in [4.69, 9.17) is 60.6 Å². The Morgan fingerprint density at radius 1 is 0.806 bits per heavy atom. The molecule has 1 heterocycles. The summed E-state index contributed by atoms with van der Waals surface area (Å²) in [6, 6.07) is 4.64. The first-order valence-corrected chi connectivity index (χ1v) is 11.8. The van der Waals surface area contributed by atoms with Crippen molar-refractivity contribution in [1.82, 2.24) is 0 Å². The number of ether oxygens (including phenoxy) is 5. The van der Waals surface area contributed by atoms with Crippen molar-refractivity contribution in [2.75, 3.05) is 19.8 Å². The molecule has 2 aromatic carbocycles. The van der Waals surface area contributed by atoms with Gasteiger partial charge in [-0.1, -0.05) is 46.4 Å². The molecular formula is C22H17Cl4F5O5. The molecule has 2 aromatic rings. The zero-order valence-corrected chi connectivity index (χ0v) is 21.1. The van der Waals surface area contributed by atoms with E-state index in [0.29, 0.717) is 25.0 Å².